The van der Waals surface area contributed by atoms with Gasteiger partial charge in [0.05, 0.1) is 0 Å². The van der Waals surface area contributed by atoms with Crippen LogP contribution in [0.5, 0.6) is 0 Å². The molecule has 2 heterocycles. The van der Waals surface area contributed by atoms with Crippen LogP contribution >= 0.6 is 12.2 Å². The largest absolute Gasteiger partial charge is 0.387 e. The molecule has 0 aromatic carbocycles. The van der Waals surface area contributed by atoms with E-state index in [0.717, 1.165) is 13.0 Å². The number of aromatic nitrogens is 3. The quantitative estimate of drug-likeness (QED) is 0.804. The van der Waals surface area contributed by atoms with E-state index in [4.69, 9.17) is 18.0 Å². The van der Waals surface area contributed by atoms with Crippen LogP contribution in [0, 0.1) is 0 Å². The second-order valence-electron chi connectivity index (χ2n) is 4.61. The van der Waals surface area contributed by atoms with Crippen LogP contribution in [0.25, 0.3) is 0 Å². The molecule has 94 valence electrons. The highest BCUT2D eigenvalue weighted by Gasteiger charge is 2.18. The van der Waals surface area contributed by atoms with E-state index in [2.05, 4.69) is 22.0 Å². The van der Waals surface area contributed by atoms with Crippen LogP contribution in [0.3, 0.4) is 0 Å². The summed E-state index contributed by atoms with van der Waals surface area (Å²) >= 11 is 4.83. The third-order valence-electron chi connectivity index (χ3n) is 3.37. The number of thiocarbonyl (C=S) groups is 1. The van der Waals surface area contributed by atoms with Crippen LogP contribution in [0.2, 0.25) is 0 Å². The Balaban J connectivity index is 1.86. The van der Waals surface area contributed by atoms with E-state index in [0.29, 0.717) is 11.9 Å². The van der Waals surface area contributed by atoms with E-state index < -0.39 is 0 Å². The molecular weight excluding hydrogens is 234 g/mol. The molecular formula is C11H19N5S. The molecule has 1 aliphatic heterocycles. The summed E-state index contributed by atoms with van der Waals surface area (Å²) in [6.07, 6.45) is 6.76. The molecule has 6 heteroatoms. The molecule has 0 saturated carbocycles. The molecule has 2 rings (SSSR count). The van der Waals surface area contributed by atoms with Crippen molar-refractivity contribution >= 4 is 17.2 Å². The third kappa shape index (κ3) is 3.23. The van der Waals surface area contributed by atoms with Gasteiger partial charge in [0.1, 0.15) is 11.3 Å². The van der Waals surface area contributed by atoms with E-state index in [9.17, 15) is 0 Å². The average molecular weight is 253 g/mol. The van der Waals surface area contributed by atoms with E-state index in [-0.39, 0.29) is 4.99 Å². The minimum absolute atomic E-state index is 0.263. The summed E-state index contributed by atoms with van der Waals surface area (Å²) in [5.41, 5.74) is 5.47. The number of piperidine rings is 1. The number of rotatable bonds is 4. The maximum absolute atomic E-state index is 5.47. The van der Waals surface area contributed by atoms with Gasteiger partial charge >= 0.3 is 0 Å². The molecule has 0 aliphatic carbocycles. The van der Waals surface area contributed by atoms with Gasteiger partial charge in [0.25, 0.3) is 0 Å². The first-order valence-electron chi connectivity index (χ1n) is 6.06. The highest BCUT2D eigenvalue weighted by atomic mass is 32.1. The van der Waals surface area contributed by atoms with Gasteiger partial charge in [0, 0.05) is 12.6 Å². The van der Waals surface area contributed by atoms with Gasteiger partial charge < -0.3 is 10.6 Å². The monoisotopic (exact) mass is 253 g/mol. The Morgan fingerprint density at radius 2 is 2.41 bits per heavy atom. The highest BCUT2D eigenvalue weighted by Crippen LogP contribution is 2.18. The van der Waals surface area contributed by atoms with Crippen molar-refractivity contribution in [3.63, 3.8) is 0 Å². The Hall–Kier alpha value is -1.01. The SMILES string of the molecule is CN1CCCCC1CCn1cnc(C(N)=S)n1. The van der Waals surface area contributed by atoms with E-state index in [1.807, 2.05) is 4.68 Å². The van der Waals surface area contributed by atoms with Crippen LogP contribution < -0.4 is 5.73 Å². The van der Waals surface area contributed by atoms with Gasteiger partial charge in [-0.3, -0.25) is 4.68 Å². The van der Waals surface area contributed by atoms with Crippen LogP contribution in [0.1, 0.15) is 31.5 Å². The second-order valence-corrected chi connectivity index (χ2v) is 5.05. The second kappa shape index (κ2) is 5.55. The summed E-state index contributed by atoms with van der Waals surface area (Å²) in [5.74, 6) is 0.469. The number of nitrogens with two attached hydrogens (primary N) is 1. The molecule has 1 atom stereocenters. The summed E-state index contributed by atoms with van der Waals surface area (Å²) in [5, 5.41) is 4.24. The summed E-state index contributed by atoms with van der Waals surface area (Å²) in [6, 6.07) is 0.668. The maximum Gasteiger partial charge on any atom is 0.208 e. The van der Waals surface area contributed by atoms with Crippen LogP contribution in [0.4, 0.5) is 0 Å². The lowest BCUT2D eigenvalue weighted by Crippen LogP contribution is -2.36. The van der Waals surface area contributed by atoms with Crippen molar-refractivity contribution in [2.24, 2.45) is 5.73 Å². The van der Waals surface area contributed by atoms with Gasteiger partial charge in [-0.05, 0) is 32.9 Å². The molecule has 0 spiro atoms. The highest BCUT2D eigenvalue weighted by molar-refractivity contribution is 7.80. The van der Waals surface area contributed by atoms with E-state index >= 15 is 0 Å². The van der Waals surface area contributed by atoms with Crippen molar-refractivity contribution in [3.05, 3.63) is 12.2 Å². The summed E-state index contributed by atoms with van der Waals surface area (Å²) in [7, 11) is 2.20. The molecule has 0 bridgehead atoms. The van der Waals surface area contributed by atoms with E-state index in [1.54, 1.807) is 6.33 Å². The topological polar surface area (TPSA) is 60.0 Å². The molecule has 1 aromatic rings. The van der Waals surface area contributed by atoms with Crippen molar-refractivity contribution in [2.45, 2.75) is 38.3 Å². The minimum Gasteiger partial charge on any atom is -0.387 e. The Morgan fingerprint density at radius 3 is 3.06 bits per heavy atom. The lowest BCUT2D eigenvalue weighted by molar-refractivity contribution is 0.169. The number of likely N-dealkylation sites (tertiary alicyclic amines) is 1. The molecule has 1 fully saturated rings. The summed E-state index contributed by atoms with van der Waals surface area (Å²) < 4.78 is 1.83. The van der Waals surface area contributed by atoms with Crippen molar-refractivity contribution in [1.29, 1.82) is 0 Å². The lowest BCUT2D eigenvalue weighted by Gasteiger charge is -2.32. The zero-order valence-corrected chi connectivity index (χ0v) is 11.0. The first kappa shape index (κ1) is 12.4. The number of aryl methyl sites for hydroxylation is 1. The van der Waals surface area contributed by atoms with Gasteiger partial charge in [-0.1, -0.05) is 18.6 Å². The van der Waals surface area contributed by atoms with Crippen molar-refractivity contribution in [2.75, 3.05) is 13.6 Å². The van der Waals surface area contributed by atoms with Gasteiger partial charge in [-0.15, -0.1) is 5.10 Å². The predicted molar refractivity (Wildman–Crippen MR) is 70.8 cm³/mol. The Labute approximate surface area is 107 Å². The summed E-state index contributed by atoms with van der Waals surface area (Å²) in [4.78, 5) is 6.77. The van der Waals surface area contributed by atoms with Crippen molar-refractivity contribution in [1.82, 2.24) is 19.7 Å². The van der Waals surface area contributed by atoms with Crippen LogP contribution in [-0.4, -0.2) is 44.3 Å². The Morgan fingerprint density at radius 1 is 1.59 bits per heavy atom. The molecule has 5 nitrogen and oxygen atoms in total. The van der Waals surface area contributed by atoms with Gasteiger partial charge in [-0.2, -0.15) is 0 Å². The smallest absolute Gasteiger partial charge is 0.208 e. The first-order chi connectivity index (χ1) is 8.16. The Kier molecular flexibility index (Phi) is 4.06. The van der Waals surface area contributed by atoms with Gasteiger partial charge in [0.2, 0.25) is 5.82 Å². The van der Waals surface area contributed by atoms with Crippen LogP contribution in [0.15, 0.2) is 6.33 Å². The zero-order valence-electron chi connectivity index (χ0n) is 10.2. The Bertz CT molecular complexity index is 389. The molecule has 1 aromatic heterocycles. The number of hydrogen-bond donors (Lipinski definition) is 1. The molecule has 0 radical (unpaired) electrons. The fourth-order valence-electron chi connectivity index (χ4n) is 2.31. The van der Waals surface area contributed by atoms with Crippen molar-refractivity contribution < 1.29 is 0 Å². The maximum atomic E-state index is 5.47. The zero-order chi connectivity index (χ0) is 12.3. The molecule has 0 amide bonds. The molecule has 1 saturated heterocycles. The molecule has 2 N–H and O–H groups in total. The average Bonchev–Trinajstić information content (AvgIpc) is 2.77. The standard InChI is InChI=1S/C11H19N5S/c1-15-6-3-2-4-9(15)5-7-16-8-13-11(14-16)10(12)17/h8-9H,2-7H2,1H3,(H2,12,17). The number of nitrogens with zero attached hydrogens (tertiary/aromatic N) is 4. The fraction of sp³-hybridized carbons (Fsp3) is 0.727. The normalized spacial score (nSPS) is 21.6. The fourth-order valence-corrected chi connectivity index (χ4v) is 2.40. The minimum atomic E-state index is 0.263. The van der Waals surface area contributed by atoms with Gasteiger partial charge in [0.15, 0.2) is 0 Å². The van der Waals surface area contributed by atoms with E-state index in [1.165, 1.54) is 25.8 Å². The third-order valence-corrected chi connectivity index (χ3v) is 3.55. The predicted octanol–water partition coefficient (Wildman–Crippen LogP) is 0.787. The van der Waals surface area contributed by atoms with Crippen molar-refractivity contribution in [3.8, 4) is 0 Å². The molecule has 1 unspecified atom stereocenters. The van der Waals surface area contributed by atoms with Gasteiger partial charge in [-0.25, -0.2) is 4.98 Å². The molecule has 17 heavy (non-hydrogen) atoms. The number of hydrogen-bond acceptors (Lipinski definition) is 4. The summed E-state index contributed by atoms with van der Waals surface area (Å²) in [6.45, 7) is 2.09. The lowest BCUT2D eigenvalue weighted by atomic mass is 10.0. The first-order valence-corrected chi connectivity index (χ1v) is 6.47. The van der Waals surface area contributed by atoms with Crippen LogP contribution in [-0.2, 0) is 6.54 Å². The molecule has 1 aliphatic rings.